The zero-order valence-electron chi connectivity index (χ0n) is 18.1. The third kappa shape index (κ3) is 4.69. The zero-order valence-corrected chi connectivity index (χ0v) is 18.1. The van der Waals surface area contributed by atoms with Crippen LogP contribution in [-0.4, -0.2) is 25.7 Å². The summed E-state index contributed by atoms with van der Waals surface area (Å²) >= 11 is 0. The summed E-state index contributed by atoms with van der Waals surface area (Å²) < 4.78 is 65.8. The molecule has 0 N–H and O–H groups in total. The minimum Gasteiger partial charge on any atom is -0.491 e. The third-order valence-corrected chi connectivity index (χ3v) is 7.31. The molecule has 31 heavy (non-hydrogen) atoms. The molecule has 1 aliphatic heterocycles. The Bertz CT molecular complexity index is 876. The first-order valence-electron chi connectivity index (χ1n) is 11.3. The van der Waals surface area contributed by atoms with Gasteiger partial charge in [0.15, 0.2) is 11.6 Å². The van der Waals surface area contributed by atoms with Crippen LogP contribution >= 0.6 is 0 Å². The smallest absolute Gasteiger partial charge is 0.254 e. The van der Waals surface area contributed by atoms with Crippen LogP contribution in [0.3, 0.4) is 0 Å². The molecule has 0 amide bonds. The monoisotopic (exact) mass is 438 g/mol. The molecule has 2 nitrogen and oxygen atoms in total. The van der Waals surface area contributed by atoms with Gasteiger partial charge in [-0.3, -0.25) is 0 Å². The molecule has 2 fully saturated rings. The first-order chi connectivity index (χ1) is 14.8. The van der Waals surface area contributed by atoms with Gasteiger partial charge in [0, 0.05) is 18.4 Å². The molecule has 1 heterocycles. The van der Waals surface area contributed by atoms with Crippen molar-refractivity contribution >= 4 is 5.57 Å². The van der Waals surface area contributed by atoms with Gasteiger partial charge in [0.25, 0.3) is 5.92 Å². The molecule has 1 aromatic rings. The molecular weight excluding hydrogens is 408 g/mol. The first-order valence-corrected chi connectivity index (χ1v) is 11.3. The number of hydrogen-bond donors (Lipinski definition) is 0. The highest BCUT2D eigenvalue weighted by atomic mass is 19.3. The van der Waals surface area contributed by atoms with Crippen molar-refractivity contribution in [3.05, 3.63) is 52.8 Å². The lowest BCUT2D eigenvalue weighted by Crippen LogP contribution is -2.19. The number of rotatable bonds is 8. The molecule has 0 spiro atoms. The Morgan fingerprint density at radius 1 is 1.16 bits per heavy atom. The van der Waals surface area contributed by atoms with Crippen LogP contribution in [0.2, 0.25) is 0 Å². The molecule has 2 saturated carbocycles. The number of halogens is 4. The van der Waals surface area contributed by atoms with E-state index in [-0.39, 0.29) is 5.92 Å². The molecule has 2 aliphatic carbocycles. The van der Waals surface area contributed by atoms with Gasteiger partial charge >= 0.3 is 0 Å². The SMILES string of the molecule is CCC1=C(c2ccc(F)c(F)c2)C=C(COCCC(C)C2CCC3C(C2)C3(F)F)OC1. The van der Waals surface area contributed by atoms with Gasteiger partial charge in [-0.25, -0.2) is 17.6 Å². The van der Waals surface area contributed by atoms with Gasteiger partial charge in [-0.15, -0.1) is 0 Å². The minimum absolute atomic E-state index is 0.296. The molecule has 0 saturated heterocycles. The highest BCUT2D eigenvalue weighted by molar-refractivity contribution is 5.78. The summed E-state index contributed by atoms with van der Waals surface area (Å²) in [5, 5.41) is 0. The van der Waals surface area contributed by atoms with Crippen LogP contribution in [0.4, 0.5) is 17.6 Å². The van der Waals surface area contributed by atoms with Crippen LogP contribution in [0.5, 0.6) is 0 Å². The number of alkyl halides is 2. The lowest BCUT2D eigenvalue weighted by molar-refractivity contribution is 0.0796. The summed E-state index contributed by atoms with van der Waals surface area (Å²) in [6, 6.07) is 3.92. The Hall–Kier alpha value is -1.82. The van der Waals surface area contributed by atoms with Crippen molar-refractivity contribution in [1.29, 1.82) is 0 Å². The Balaban J connectivity index is 1.29. The van der Waals surface area contributed by atoms with E-state index >= 15 is 0 Å². The van der Waals surface area contributed by atoms with Crippen molar-refractivity contribution in [2.75, 3.05) is 19.8 Å². The maximum atomic E-state index is 13.7. The summed E-state index contributed by atoms with van der Waals surface area (Å²) in [6.45, 7) is 5.36. The molecule has 0 aromatic heterocycles. The standard InChI is InChI=1S/C25H30F4O2/c1-3-16-13-31-19(12-20(16)18-5-7-23(26)24(27)11-18)14-30-9-8-15(2)17-4-6-21-22(10-17)25(21,28)29/h5,7,11-12,15,17,21-22H,3-4,6,8-10,13-14H2,1-2H3. The third-order valence-electron chi connectivity index (χ3n) is 7.31. The van der Waals surface area contributed by atoms with Gasteiger partial charge in [-0.1, -0.05) is 19.9 Å². The highest BCUT2D eigenvalue weighted by Crippen LogP contribution is 2.64. The lowest BCUT2D eigenvalue weighted by Gasteiger charge is -2.26. The molecule has 4 unspecified atom stereocenters. The van der Waals surface area contributed by atoms with E-state index in [1.807, 2.05) is 13.0 Å². The van der Waals surface area contributed by atoms with Crippen LogP contribution in [0.25, 0.3) is 5.57 Å². The number of hydrogen-bond acceptors (Lipinski definition) is 2. The maximum Gasteiger partial charge on any atom is 0.254 e. The second-order valence-electron chi connectivity index (χ2n) is 9.18. The average Bonchev–Trinajstić information content (AvgIpc) is 3.33. The Labute approximate surface area is 181 Å². The van der Waals surface area contributed by atoms with E-state index in [0.717, 1.165) is 36.5 Å². The molecule has 6 heteroatoms. The van der Waals surface area contributed by atoms with Crippen LogP contribution in [0.1, 0.15) is 51.5 Å². The molecule has 0 bridgehead atoms. The summed E-state index contributed by atoms with van der Waals surface area (Å²) in [5.41, 5.74) is 2.50. The van der Waals surface area contributed by atoms with E-state index in [4.69, 9.17) is 9.47 Å². The Morgan fingerprint density at radius 3 is 2.68 bits per heavy atom. The van der Waals surface area contributed by atoms with Crippen molar-refractivity contribution in [2.24, 2.45) is 23.7 Å². The Morgan fingerprint density at radius 2 is 1.97 bits per heavy atom. The molecule has 4 rings (SSSR count). The van der Waals surface area contributed by atoms with E-state index < -0.39 is 23.5 Å². The summed E-state index contributed by atoms with van der Waals surface area (Å²) in [5.74, 6) is -3.58. The number of benzene rings is 1. The van der Waals surface area contributed by atoms with Crippen molar-refractivity contribution in [2.45, 2.75) is 51.9 Å². The Kier molecular flexibility index (Phi) is 6.47. The predicted molar refractivity (Wildman–Crippen MR) is 111 cm³/mol. The molecule has 4 atom stereocenters. The van der Waals surface area contributed by atoms with Crippen molar-refractivity contribution in [1.82, 2.24) is 0 Å². The van der Waals surface area contributed by atoms with Gasteiger partial charge in [0.1, 0.15) is 19.0 Å². The first kappa shape index (κ1) is 22.4. The lowest BCUT2D eigenvalue weighted by atomic mass is 9.79. The van der Waals surface area contributed by atoms with Gasteiger partial charge < -0.3 is 9.47 Å². The fourth-order valence-electron chi connectivity index (χ4n) is 5.10. The van der Waals surface area contributed by atoms with Gasteiger partial charge in [-0.05, 0) is 78.9 Å². The van der Waals surface area contributed by atoms with Crippen LogP contribution < -0.4 is 0 Å². The second kappa shape index (κ2) is 8.97. The summed E-state index contributed by atoms with van der Waals surface area (Å²) in [6.07, 6.45) is 5.58. The molecule has 0 radical (unpaired) electrons. The normalized spacial score (nSPS) is 27.9. The molecular formula is C25H30F4O2. The zero-order chi connectivity index (χ0) is 22.2. The van der Waals surface area contributed by atoms with E-state index in [2.05, 4.69) is 6.92 Å². The highest BCUT2D eigenvalue weighted by Gasteiger charge is 2.68. The van der Waals surface area contributed by atoms with E-state index in [9.17, 15) is 17.6 Å². The maximum absolute atomic E-state index is 13.7. The van der Waals surface area contributed by atoms with Crippen LogP contribution in [0, 0.1) is 35.3 Å². The van der Waals surface area contributed by atoms with Crippen molar-refractivity contribution in [3.8, 4) is 0 Å². The summed E-state index contributed by atoms with van der Waals surface area (Å²) in [7, 11) is 0. The number of fused-ring (bicyclic) bond motifs is 1. The van der Waals surface area contributed by atoms with E-state index in [1.54, 1.807) is 6.07 Å². The molecule has 170 valence electrons. The van der Waals surface area contributed by atoms with Crippen LogP contribution in [0.15, 0.2) is 35.6 Å². The molecule has 3 aliphatic rings. The molecule has 1 aromatic carbocycles. The second-order valence-corrected chi connectivity index (χ2v) is 9.18. The van der Waals surface area contributed by atoms with Gasteiger partial charge in [0.2, 0.25) is 0 Å². The van der Waals surface area contributed by atoms with Crippen molar-refractivity contribution < 1.29 is 27.0 Å². The topological polar surface area (TPSA) is 18.5 Å². The number of ether oxygens (including phenoxy) is 2. The fraction of sp³-hybridized carbons (Fsp3) is 0.600. The van der Waals surface area contributed by atoms with E-state index in [1.165, 1.54) is 6.07 Å². The van der Waals surface area contributed by atoms with E-state index in [0.29, 0.717) is 55.8 Å². The quantitative estimate of drug-likeness (QED) is 0.330. The number of allylic oxidation sites excluding steroid dienone is 2. The summed E-state index contributed by atoms with van der Waals surface area (Å²) in [4.78, 5) is 0. The van der Waals surface area contributed by atoms with Gasteiger partial charge in [0.05, 0.1) is 0 Å². The van der Waals surface area contributed by atoms with Crippen molar-refractivity contribution in [3.63, 3.8) is 0 Å². The van der Waals surface area contributed by atoms with Gasteiger partial charge in [-0.2, -0.15) is 0 Å². The largest absolute Gasteiger partial charge is 0.491 e. The average molecular weight is 439 g/mol. The minimum atomic E-state index is -2.42. The predicted octanol–water partition coefficient (Wildman–Crippen LogP) is 6.77. The van der Waals surface area contributed by atoms with Crippen LogP contribution in [-0.2, 0) is 9.47 Å². The fourth-order valence-corrected chi connectivity index (χ4v) is 5.10.